The molecule has 0 aliphatic rings. The van der Waals surface area contributed by atoms with Crippen molar-refractivity contribution in [3.05, 3.63) is 23.2 Å². The molecule has 0 fully saturated rings. The van der Waals surface area contributed by atoms with E-state index < -0.39 is 0 Å². The smallest absolute Gasteiger partial charge is 0.0739 e. The molecule has 1 rings (SSSR count). The Morgan fingerprint density at radius 1 is 1.56 bits per heavy atom. The van der Waals surface area contributed by atoms with Crippen LogP contribution in [0.2, 0.25) is 5.02 Å². The number of aliphatic hydroxyl groups is 1. The third kappa shape index (κ3) is 3.20. The number of thioether (sulfide) groups is 1. The Morgan fingerprint density at radius 3 is 2.81 bits per heavy atom. The van der Waals surface area contributed by atoms with Gasteiger partial charge in [0.2, 0.25) is 0 Å². The van der Waals surface area contributed by atoms with E-state index >= 15 is 0 Å². The van der Waals surface area contributed by atoms with Crippen LogP contribution in [0.25, 0.3) is 0 Å². The van der Waals surface area contributed by atoms with Crippen LogP contribution in [-0.2, 0) is 0 Å². The number of para-hydroxylation sites is 1. The lowest BCUT2D eigenvalue weighted by molar-refractivity contribution is 0.288. The highest BCUT2D eigenvalue weighted by atomic mass is 35.5. The van der Waals surface area contributed by atoms with E-state index in [0.29, 0.717) is 10.7 Å². The summed E-state index contributed by atoms with van der Waals surface area (Å²) in [6.45, 7) is 2.15. The molecular weight excluding hydrogens is 244 g/mol. The van der Waals surface area contributed by atoms with Gasteiger partial charge >= 0.3 is 0 Å². The SMILES string of the molecule is CSC(CO)C(C)Nc1cccc(Cl)c1N. The van der Waals surface area contributed by atoms with Crippen LogP contribution >= 0.6 is 23.4 Å². The Morgan fingerprint density at radius 2 is 2.25 bits per heavy atom. The van der Waals surface area contributed by atoms with Gasteiger partial charge in [0.05, 0.1) is 23.0 Å². The fourth-order valence-electron chi connectivity index (χ4n) is 1.44. The van der Waals surface area contributed by atoms with Gasteiger partial charge in [0.15, 0.2) is 0 Å². The van der Waals surface area contributed by atoms with E-state index in [9.17, 15) is 5.11 Å². The standard InChI is InChI=1S/C11H17ClN2OS/c1-7(10(6-15)16-2)14-9-5-3-4-8(12)11(9)13/h3-5,7,10,14-15H,6,13H2,1-2H3. The van der Waals surface area contributed by atoms with Crippen molar-refractivity contribution >= 4 is 34.7 Å². The highest BCUT2D eigenvalue weighted by molar-refractivity contribution is 7.99. The van der Waals surface area contributed by atoms with Crippen LogP contribution in [0.3, 0.4) is 0 Å². The zero-order chi connectivity index (χ0) is 12.1. The second kappa shape index (κ2) is 6.23. The average molecular weight is 261 g/mol. The van der Waals surface area contributed by atoms with Gasteiger partial charge in [0, 0.05) is 11.3 Å². The van der Waals surface area contributed by atoms with E-state index in [4.69, 9.17) is 17.3 Å². The first-order valence-electron chi connectivity index (χ1n) is 5.04. The number of hydrogen-bond acceptors (Lipinski definition) is 4. The number of hydrogen-bond donors (Lipinski definition) is 3. The molecule has 1 aromatic rings. The van der Waals surface area contributed by atoms with Crippen molar-refractivity contribution in [1.82, 2.24) is 0 Å². The lowest BCUT2D eigenvalue weighted by Gasteiger charge is -2.23. The Kier molecular flexibility index (Phi) is 5.25. The maximum atomic E-state index is 9.18. The zero-order valence-corrected chi connectivity index (χ0v) is 11.0. The van der Waals surface area contributed by atoms with Gasteiger partial charge in [0.1, 0.15) is 0 Å². The summed E-state index contributed by atoms with van der Waals surface area (Å²) in [5.74, 6) is 0. The number of rotatable bonds is 5. The zero-order valence-electron chi connectivity index (χ0n) is 9.40. The molecule has 0 bridgehead atoms. The van der Waals surface area contributed by atoms with E-state index in [2.05, 4.69) is 5.32 Å². The molecule has 2 atom stereocenters. The number of aliphatic hydroxyl groups excluding tert-OH is 1. The first-order valence-corrected chi connectivity index (χ1v) is 6.71. The van der Waals surface area contributed by atoms with Crippen LogP contribution in [0.1, 0.15) is 6.92 Å². The molecule has 0 heterocycles. The second-order valence-electron chi connectivity index (χ2n) is 3.59. The predicted octanol–water partition coefficient (Wildman–Crippen LogP) is 2.45. The molecule has 16 heavy (non-hydrogen) atoms. The van der Waals surface area contributed by atoms with Crippen molar-refractivity contribution in [2.24, 2.45) is 0 Å². The Bertz CT molecular complexity index is 345. The van der Waals surface area contributed by atoms with Crippen LogP contribution in [-0.4, -0.2) is 29.3 Å². The lowest BCUT2D eigenvalue weighted by Crippen LogP contribution is -2.31. The summed E-state index contributed by atoms with van der Waals surface area (Å²) >= 11 is 7.55. The average Bonchev–Trinajstić information content (AvgIpc) is 2.26. The minimum atomic E-state index is 0.126. The quantitative estimate of drug-likeness (QED) is 0.712. The number of anilines is 2. The van der Waals surface area contributed by atoms with Gasteiger partial charge in [-0.05, 0) is 25.3 Å². The van der Waals surface area contributed by atoms with E-state index in [-0.39, 0.29) is 17.9 Å². The first kappa shape index (κ1) is 13.5. The molecule has 2 unspecified atom stereocenters. The van der Waals surface area contributed by atoms with E-state index in [1.807, 2.05) is 25.3 Å². The van der Waals surface area contributed by atoms with E-state index in [0.717, 1.165) is 5.69 Å². The normalized spacial score (nSPS) is 14.5. The van der Waals surface area contributed by atoms with Gasteiger partial charge in [-0.1, -0.05) is 17.7 Å². The number of nitrogen functional groups attached to an aromatic ring is 1. The molecule has 0 spiro atoms. The third-order valence-corrected chi connectivity index (χ3v) is 3.97. The van der Waals surface area contributed by atoms with Crippen LogP contribution in [0, 0.1) is 0 Å². The van der Waals surface area contributed by atoms with Crippen LogP contribution < -0.4 is 11.1 Å². The van der Waals surface area contributed by atoms with Gasteiger partial charge < -0.3 is 16.2 Å². The Hall–Kier alpha value is -0.580. The summed E-state index contributed by atoms with van der Waals surface area (Å²) in [5.41, 5.74) is 7.21. The Balaban J connectivity index is 2.76. The number of nitrogens with two attached hydrogens (primary N) is 1. The maximum Gasteiger partial charge on any atom is 0.0739 e. The topological polar surface area (TPSA) is 58.3 Å². The minimum Gasteiger partial charge on any atom is -0.396 e. The molecular formula is C11H17ClN2OS. The van der Waals surface area contributed by atoms with Crippen molar-refractivity contribution in [3.8, 4) is 0 Å². The summed E-state index contributed by atoms with van der Waals surface area (Å²) in [5, 5.41) is 13.1. The van der Waals surface area contributed by atoms with Crippen molar-refractivity contribution in [2.75, 3.05) is 23.9 Å². The highest BCUT2D eigenvalue weighted by Crippen LogP contribution is 2.28. The van der Waals surface area contributed by atoms with Crippen LogP contribution in [0.4, 0.5) is 11.4 Å². The first-order chi connectivity index (χ1) is 7.60. The summed E-state index contributed by atoms with van der Waals surface area (Å²) in [7, 11) is 0. The summed E-state index contributed by atoms with van der Waals surface area (Å²) in [4.78, 5) is 0. The second-order valence-corrected chi connectivity index (χ2v) is 5.07. The lowest BCUT2D eigenvalue weighted by atomic mass is 10.2. The highest BCUT2D eigenvalue weighted by Gasteiger charge is 2.16. The predicted molar refractivity (Wildman–Crippen MR) is 73.3 cm³/mol. The van der Waals surface area contributed by atoms with Gasteiger partial charge in [-0.15, -0.1) is 0 Å². The molecule has 0 saturated carbocycles. The summed E-state index contributed by atoms with van der Waals surface area (Å²) < 4.78 is 0. The monoisotopic (exact) mass is 260 g/mol. The van der Waals surface area contributed by atoms with Crippen molar-refractivity contribution < 1.29 is 5.11 Å². The molecule has 3 nitrogen and oxygen atoms in total. The molecule has 1 aromatic carbocycles. The molecule has 0 aromatic heterocycles. The van der Waals surface area contributed by atoms with Gasteiger partial charge in [-0.3, -0.25) is 0 Å². The van der Waals surface area contributed by atoms with Crippen LogP contribution in [0.15, 0.2) is 18.2 Å². The van der Waals surface area contributed by atoms with E-state index in [1.54, 1.807) is 17.8 Å². The fourth-order valence-corrected chi connectivity index (χ4v) is 2.24. The number of nitrogens with one attached hydrogen (secondary N) is 1. The fraction of sp³-hybridized carbons (Fsp3) is 0.455. The molecule has 0 radical (unpaired) electrons. The van der Waals surface area contributed by atoms with Crippen molar-refractivity contribution in [3.63, 3.8) is 0 Å². The van der Waals surface area contributed by atoms with Gasteiger partial charge in [-0.25, -0.2) is 0 Å². The third-order valence-electron chi connectivity index (χ3n) is 2.48. The number of halogens is 1. The largest absolute Gasteiger partial charge is 0.396 e. The molecule has 5 heteroatoms. The number of benzene rings is 1. The van der Waals surface area contributed by atoms with Crippen LogP contribution in [0.5, 0.6) is 0 Å². The summed E-state index contributed by atoms with van der Waals surface area (Å²) in [6.07, 6.45) is 1.97. The molecule has 0 aliphatic carbocycles. The summed E-state index contributed by atoms with van der Waals surface area (Å²) in [6, 6.07) is 5.61. The maximum absolute atomic E-state index is 9.18. The van der Waals surface area contributed by atoms with E-state index in [1.165, 1.54) is 0 Å². The molecule has 0 aliphatic heterocycles. The minimum absolute atomic E-state index is 0.126. The molecule has 4 N–H and O–H groups in total. The Labute approximate surface area is 105 Å². The molecule has 0 amide bonds. The van der Waals surface area contributed by atoms with Gasteiger partial charge in [0.25, 0.3) is 0 Å². The van der Waals surface area contributed by atoms with Crippen molar-refractivity contribution in [1.29, 1.82) is 0 Å². The van der Waals surface area contributed by atoms with Gasteiger partial charge in [-0.2, -0.15) is 11.8 Å². The van der Waals surface area contributed by atoms with Crippen molar-refractivity contribution in [2.45, 2.75) is 18.2 Å². The molecule has 90 valence electrons. The molecule has 0 saturated heterocycles.